The number of ether oxygens (including phenoxy) is 2. The van der Waals surface area contributed by atoms with Crippen molar-refractivity contribution in [1.82, 2.24) is 25.3 Å². The zero-order chi connectivity index (χ0) is 36.3. The lowest BCUT2D eigenvalue weighted by atomic mass is 9.85. The van der Waals surface area contributed by atoms with Crippen LogP contribution in [0, 0.1) is 16.7 Å². The molecule has 0 bridgehead atoms. The molecule has 1 aliphatic rings. The fourth-order valence-corrected chi connectivity index (χ4v) is 6.50. The van der Waals surface area contributed by atoms with Crippen molar-refractivity contribution in [3.63, 3.8) is 0 Å². The minimum absolute atomic E-state index is 0.0652. The van der Waals surface area contributed by atoms with E-state index in [2.05, 4.69) is 117 Å². The first-order valence-electron chi connectivity index (χ1n) is 17.9. The lowest BCUT2D eigenvalue weighted by Gasteiger charge is -2.38. The maximum Gasteiger partial charge on any atom is 0.302 e. The van der Waals surface area contributed by atoms with Gasteiger partial charge in [-0.1, -0.05) is 97.0 Å². The van der Waals surface area contributed by atoms with Crippen LogP contribution in [0.25, 0.3) is 33.6 Å². The van der Waals surface area contributed by atoms with Crippen molar-refractivity contribution in [2.24, 2.45) is 16.7 Å². The molecule has 1 amide bonds. The second kappa shape index (κ2) is 14.9. The molecule has 1 saturated carbocycles. The zero-order valence-corrected chi connectivity index (χ0v) is 31.3. The number of amides is 1. The fourth-order valence-electron chi connectivity index (χ4n) is 6.50. The van der Waals surface area contributed by atoms with Gasteiger partial charge >= 0.3 is 5.97 Å². The first-order chi connectivity index (χ1) is 23.5. The number of imidazole rings is 2. The van der Waals surface area contributed by atoms with Crippen LogP contribution >= 0.6 is 0 Å². The second-order valence-corrected chi connectivity index (χ2v) is 16.6. The summed E-state index contributed by atoms with van der Waals surface area (Å²) in [6, 6.07) is 16.4. The highest BCUT2D eigenvalue weighted by molar-refractivity contribution is 5.86. The lowest BCUT2D eigenvalue weighted by molar-refractivity contribution is -0.174. The van der Waals surface area contributed by atoms with Gasteiger partial charge in [0, 0.05) is 13.3 Å². The van der Waals surface area contributed by atoms with Crippen LogP contribution in [0.15, 0.2) is 60.9 Å². The molecule has 2 aromatic heterocycles. The number of hydrogen-bond donors (Lipinski definition) is 3. The SMILES string of the molecule is CC(=O)OCC(C)(OC1CCC(C)CC1)C(=O)NC(c1ncc(-c2ccc(-c3ccc(-c4cnc(CC(C)(C)C)[nH]4)cc3)cc2)[nH]1)C(C)(C)C. The standard InChI is InChI=1S/C41H55N5O4/c1-26-10-20-32(21-11-26)50-41(9,25-49-27(2)47)38(48)46-36(40(6,7)8)37-43-24-34(45-37)31-18-14-29(15-19-31)28-12-16-30(17-13-28)33-23-42-35(44-33)22-39(3,4)5/h12-19,23-24,26,32,36H,10-11,20-22,25H2,1-9H3,(H,42,44)(H,43,45)(H,46,48). The molecule has 0 saturated heterocycles. The summed E-state index contributed by atoms with van der Waals surface area (Å²) in [5, 5.41) is 3.20. The number of aromatic amines is 2. The quantitative estimate of drug-likeness (QED) is 0.136. The van der Waals surface area contributed by atoms with Crippen LogP contribution in [0.2, 0.25) is 0 Å². The molecule has 4 aromatic rings. The molecule has 268 valence electrons. The molecule has 3 N–H and O–H groups in total. The molecule has 2 heterocycles. The monoisotopic (exact) mass is 681 g/mol. The Labute approximate surface area is 297 Å². The summed E-state index contributed by atoms with van der Waals surface area (Å²) in [4.78, 5) is 42.0. The molecule has 1 fully saturated rings. The zero-order valence-electron chi connectivity index (χ0n) is 31.3. The number of benzene rings is 2. The maximum absolute atomic E-state index is 14.0. The van der Waals surface area contributed by atoms with E-state index in [9.17, 15) is 9.59 Å². The molecular formula is C41H55N5O4. The van der Waals surface area contributed by atoms with Crippen molar-refractivity contribution in [2.45, 2.75) is 112 Å². The van der Waals surface area contributed by atoms with E-state index in [0.717, 1.165) is 71.6 Å². The van der Waals surface area contributed by atoms with Gasteiger partial charge in [0.15, 0.2) is 5.60 Å². The van der Waals surface area contributed by atoms with Crippen molar-refractivity contribution in [1.29, 1.82) is 0 Å². The molecule has 2 aromatic carbocycles. The van der Waals surface area contributed by atoms with E-state index < -0.39 is 17.6 Å². The normalized spacial score (nSPS) is 18.7. The van der Waals surface area contributed by atoms with Crippen LogP contribution in [-0.2, 0) is 25.5 Å². The molecule has 2 unspecified atom stereocenters. The first-order valence-corrected chi connectivity index (χ1v) is 17.9. The summed E-state index contributed by atoms with van der Waals surface area (Å²) in [5.74, 6) is 1.51. The van der Waals surface area contributed by atoms with E-state index in [-0.39, 0.29) is 29.4 Å². The Balaban J connectivity index is 1.29. The van der Waals surface area contributed by atoms with Gasteiger partial charge in [0.05, 0.1) is 35.9 Å². The molecular weight excluding hydrogens is 626 g/mol. The number of hydrogen-bond acceptors (Lipinski definition) is 6. The van der Waals surface area contributed by atoms with Gasteiger partial charge < -0.3 is 24.8 Å². The topological polar surface area (TPSA) is 122 Å². The van der Waals surface area contributed by atoms with Crippen LogP contribution in [0.1, 0.15) is 106 Å². The van der Waals surface area contributed by atoms with Gasteiger partial charge in [-0.05, 0) is 71.6 Å². The Morgan fingerprint density at radius 1 is 0.800 bits per heavy atom. The Bertz CT molecular complexity index is 1730. The Kier molecular flexibility index (Phi) is 11.1. The van der Waals surface area contributed by atoms with E-state index in [1.165, 1.54) is 6.92 Å². The highest BCUT2D eigenvalue weighted by atomic mass is 16.6. The molecule has 0 spiro atoms. The van der Waals surface area contributed by atoms with Crippen LogP contribution in [0.5, 0.6) is 0 Å². The van der Waals surface area contributed by atoms with Crippen LogP contribution < -0.4 is 5.32 Å². The van der Waals surface area contributed by atoms with E-state index in [1.54, 1.807) is 13.1 Å². The molecule has 0 aliphatic heterocycles. The van der Waals surface area contributed by atoms with E-state index >= 15 is 0 Å². The third-order valence-corrected chi connectivity index (χ3v) is 9.48. The van der Waals surface area contributed by atoms with Gasteiger partial charge in [-0.15, -0.1) is 0 Å². The van der Waals surface area contributed by atoms with Gasteiger partial charge in [-0.25, -0.2) is 9.97 Å². The van der Waals surface area contributed by atoms with Gasteiger partial charge in [0.25, 0.3) is 5.91 Å². The van der Waals surface area contributed by atoms with E-state index in [0.29, 0.717) is 11.7 Å². The number of aromatic nitrogens is 4. The average molecular weight is 682 g/mol. The second-order valence-electron chi connectivity index (χ2n) is 16.6. The van der Waals surface area contributed by atoms with Crippen molar-refractivity contribution < 1.29 is 19.1 Å². The van der Waals surface area contributed by atoms with Gasteiger partial charge in [0.2, 0.25) is 0 Å². The van der Waals surface area contributed by atoms with Crippen LogP contribution in [-0.4, -0.2) is 50.1 Å². The van der Waals surface area contributed by atoms with Crippen molar-refractivity contribution >= 4 is 11.9 Å². The minimum atomic E-state index is -1.34. The van der Waals surface area contributed by atoms with E-state index in [1.807, 2.05) is 6.20 Å². The summed E-state index contributed by atoms with van der Waals surface area (Å²) in [6.45, 7) is 18.0. The lowest BCUT2D eigenvalue weighted by Crippen LogP contribution is -2.54. The molecule has 0 radical (unpaired) electrons. The Morgan fingerprint density at radius 2 is 1.32 bits per heavy atom. The van der Waals surface area contributed by atoms with Gasteiger partial charge in [-0.3, -0.25) is 9.59 Å². The Morgan fingerprint density at radius 3 is 1.84 bits per heavy atom. The third kappa shape index (κ3) is 9.50. The number of nitrogens with one attached hydrogen (secondary N) is 3. The number of H-pyrrole nitrogens is 2. The number of esters is 1. The van der Waals surface area contributed by atoms with Gasteiger partial charge in [0.1, 0.15) is 18.3 Å². The van der Waals surface area contributed by atoms with Crippen LogP contribution in [0.3, 0.4) is 0 Å². The van der Waals surface area contributed by atoms with Crippen molar-refractivity contribution in [3.05, 3.63) is 72.6 Å². The van der Waals surface area contributed by atoms with Crippen molar-refractivity contribution in [2.75, 3.05) is 6.61 Å². The molecule has 5 rings (SSSR count). The third-order valence-electron chi connectivity index (χ3n) is 9.48. The summed E-state index contributed by atoms with van der Waals surface area (Å²) in [7, 11) is 0. The number of carbonyl (C=O) groups is 2. The fraction of sp³-hybridized carbons (Fsp3) is 0.512. The highest BCUT2D eigenvalue weighted by Crippen LogP contribution is 2.35. The van der Waals surface area contributed by atoms with Gasteiger partial charge in [-0.2, -0.15) is 0 Å². The maximum atomic E-state index is 14.0. The number of carbonyl (C=O) groups excluding carboxylic acids is 2. The van der Waals surface area contributed by atoms with Crippen LogP contribution in [0.4, 0.5) is 0 Å². The summed E-state index contributed by atoms with van der Waals surface area (Å²) < 4.78 is 11.8. The van der Waals surface area contributed by atoms with Crippen molar-refractivity contribution in [3.8, 4) is 33.6 Å². The molecule has 9 heteroatoms. The Hall–Kier alpha value is -4.24. The minimum Gasteiger partial charge on any atom is -0.462 e. The summed E-state index contributed by atoms with van der Waals surface area (Å²) in [6.07, 6.45) is 8.40. The highest BCUT2D eigenvalue weighted by Gasteiger charge is 2.42. The largest absolute Gasteiger partial charge is 0.462 e. The number of nitrogens with zero attached hydrogens (tertiary/aromatic N) is 2. The molecule has 2 atom stereocenters. The molecule has 50 heavy (non-hydrogen) atoms. The predicted molar refractivity (Wildman–Crippen MR) is 198 cm³/mol. The van der Waals surface area contributed by atoms with E-state index in [4.69, 9.17) is 14.5 Å². The average Bonchev–Trinajstić information content (AvgIpc) is 3.73. The summed E-state index contributed by atoms with van der Waals surface area (Å²) in [5.41, 5.74) is 4.65. The summed E-state index contributed by atoms with van der Waals surface area (Å²) >= 11 is 0. The predicted octanol–water partition coefficient (Wildman–Crippen LogP) is 8.84. The molecule has 1 aliphatic carbocycles. The molecule has 9 nitrogen and oxygen atoms in total. The smallest absolute Gasteiger partial charge is 0.302 e. The number of rotatable bonds is 11. The first kappa shape index (κ1) is 37.0.